The number of carbonyl (C=O) groups is 1. The Morgan fingerprint density at radius 1 is 1.42 bits per heavy atom. The number of anilines is 1. The molecule has 5 heteroatoms. The Balaban J connectivity index is 1.89. The molecule has 1 atom stereocenters. The first-order chi connectivity index (χ1) is 9.31. The van der Waals surface area contributed by atoms with Crippen LogP contribution in [-0.2, 0) is 22.4 Å². The standard InChI is InChI=1S/C14H19N3O2/c1-2-19-14(18)12-7-4-8-17(12)13-10-5-3-6-11(10)15-9-16-13/h9,12H,2-8H2,1H3. The highest BCUT2D eigenvalue weighted by atomic mass is 16.5. The van der Waals surface area contributed by atoms with Crippen molar-refractivity contribution in [2.24, 2.45) is 0 Å². The van der Waals surface area contributed by atoms with Crippen LogP contribution in [0.3, 0.4) is 0 Å². The van der Waals surface area contributed by atoms with Gasteiger partial charge in [0.15, 0.2) is 0 Å². The highest BCUT2D eigenvalue weighted by Gasteiger charge is 2.35. The third kappa shape index (κ3) is 2.17. The molecule has 1 fully saturated rings. The molecule has 0 amide bonds. The third-order valence-electron chi connectivity index (χ3n) is 3.94. The van der Waals surface area contributed by atoms with Gasteiger partial charge in [0.25, 0.3) is 0 Å². The summed E-state index contributed by atoms with van der Waals surface area (Å²) in [7, 11) is 0. The van der Waals surface area contributed by atoms with E-state index in [9.17, 15) is 4.79 Å². The number of aryl methyl sites for hydroxylation is 1. The molecule has 1 aliphatic heterocycles. The third-order valence-corrected chi connectivity index (χ3v) is 3.94. The Labute approximate surface area is 113 Å². The average molecular weight is 261 g/mol. The van der Waals surface area contributed by atoms with Crippen molar-refractivity contribution in [1.82, 2.24) is 9.97 Å². The number of fused-ring (bicyclic) bond motifs is 1. The lowest BCUT2D eigenvalue weighted by atomic mass is 10.2. The number of ether oxygens (including phenoxy) is 1. The molecule has 0 bridgehead atoms. The largest absolute Gasteiger partial charge is 0.464 e. The maximum atomic E-state index is 12.0. The minimum atomic E-state index is -0.167. The molecule has 0 aromatic carbocycles. The van der Waals surface area contributed by atoms with E-state index >= 15 is 0 Å². The summed E-state index contributed by atoms with van der Waals surface area (Å²) in [6.45, 7) is 3.16. The predicted octanol–water partition coefficient (Wildman–Crippen LogP) is 1.50. The summed E-state index contributed by atoms with van der Waals surface area (Å²) in [5, 5.41) is 0. The lowest BCUT2D eigenvalue weighted by Gasteiger charge is -2.25. The predicted molar refractivity (Wildman–Crippen MR) is 71.1 cm³/mol. The molecule has 0 radical (unpaired) electrons. The van der Waals surface area contributed by atoms with Gasteiger partial charge in [-0.1, -0.05) is 0 Å². The van der Waals surface area contributed by atoms with Crippen molar-refractivity contribution in [3.63, 3.8) is 0 Å². The highest BCUT2D eigenvalue weighted by molar-refractivity contribution is 5.80. The lowest BCUT2D eigenvalue weighted by Crippen LogP contribution is -2.38. The second kappa shape index (κ2) is 5.15. The monoisotopic (exact) mass is 261 g/mol. The molecule has 102 valence electrons. The highest BCUT2D eigenvalue weighted by Crippen LogP contribution is 2.32. The quantitative estimate of drug-likeness (QED) is 0.772. The van der Waals surface area contributed by atoms with Crippen LogP contribution in [-0.4, -0.2) is 35.1 Å². The summed E-state index contributed by atoms with van der Waals surface area (Å²) in [6, 6.07) is -0.167. The number of carbonyl (C=O) groups excluding carboxylic acids is 1. The lowest BCUT2D eigenvalue weighted by molar-refractivity contribution is -0.144. The zero-order valence-electron chi connectivity index (χ0n) is 11.3. The van der Waals surface area contributed by atoms with E-state index in [0.717, 1.165) is 50.2 Å². The molecule has 1 aromatic rings. The van der Waals surface area contributed by atoms with Crippen LogP contribution in [0.1, 0.15) is 37.4 Å². The summed E-state index contributed by atoms with van der Waals surface area (Å²) >= 11 is 0. The molecule has 5 nitrogen and oxygen atoms in total. The SMILES string of the molecule is CCOC(=O)C1CCCN1c1ncnc2c1CCC2. The van der Waals surface area contributed by atoms with Gasteiger partial charge in [0.1, 0.15) is 18.2 Å². The Morgan fingerprint density at radius 2 is 2.32 bits per heavy atom. The molecule has 0 N–H and O–H groups in total. The molecule has 2 heterocycles. The Bertz CT molecular complexity index is 490. The minimum Gasteiger partial charge on any atom is -0.464 e. The maximum Gasteiger partial charge on any atom is 0.328 e. The summed E-state index contributed by atoms with van der Waals surface area (Å²) in [5.41, 5.74) is 2.39. The summed E-state index contributed by atoms with van der Waals surface area (Å²) < 4.78 is 5.17. The number of aromatic nitrogens is 2. The van der Waals surface area contributed by atoms with Gasteiger partial charge in [0, 0.05) is 17.8 Å². The zero-order chi connectivity index (χ0) is 13.2. The summed E-state index contributed by atoms with van der Waals surface area (Å²) in [5.74, 6) is 0.836. The van der Waals surface area contributed by atoms with Crippen molar-refractivity contribution in [2.75, 3.05) is 18.1 Å². The van der Waals surface area contributed by atoms with E-state index in [1.165, 1.54) is 5.56 Å². The smallest absolute Gasteiger partial charge is 0.328 e. The van der Waals surface area contributed by atoms with E-state index in [1.807, 2.05) is 6.92 Å². The van der Waals surface area contributed by atoms with Gasteiger partial charge in [-0.2, -0.15) is 0 Å². The van der Waals surface area contributed by atoms with Crippen molar-refractivity contribution < 1.29 is 9.53 Å². The Kier molecular flexibility index (Phi) is 3.36. The van der Waals surface area contributed by atoms with Crippen LogP contribution in [0.15, 0.2) is 6.33 Å². The van der Waals surface area contributed by atoms with Crippen molar-refractivity contribution in [2.45, 2.75) is 45.1 Å². The Hall–Kier alpha value is -1.65. The van der Waals surface area contributed by atoms with Crippen LogP contribution < -0.4 is 4.90 Å². The number of rotatable bonds is 3. The topological polar surface area (TPSA) is 55.3 Å². The molecule has 19 heavy (non-hydrogen) atoms. The molecular formula is C14H19N3O2. The molecule has 0 spiro atoms. The molecule has 1 aliphatic carbocycles. The first-order valence-electron chi connectivity index (χ1n) is 7.07. The van der Waals surface area contributed by atoms with E-state index in [1.54, 1.807) is 6.33 Å². The van der Waals surface area contributed by atoms with Crippen LogP contribution in [0.4, 0.5) is 5.82 Å². The van der Waals surface area contributed by atoms with Gasteiger partial charge >= 0.3 is 5.97 Å². The fourth-order valence-corrected chi connectivity index (χ4v) is 3.09. The van der Waals surface area contributed by atoms with Gasteiger partial charge in [-0.05, 0) is 39.0 Å². The summed E-state index contributed by atoms with van der Waals surface area (Å²) in [4.78, 5) is 22.9. The van der Waals surface area contributed by atoms with Crippen molar-refractivity contribution in [3.8, 4) is 0 Å². The second-order valence-corrected chi connectivity index (χ2v) is 5.08. The fourth-order valence-electron chi connectivity index (χ4n) is 3.09. The second-order valence-electron chi connectivity index (χ2n) is 5.08. The van der Waals surface area contributed by atoms with E-state index < -0.39 is 0 Å². The minimum absolute atomic E-state index is 0.120. The number of nitrogens with zero attached hydrogens (tertiary/aromatic N) is 3. The fraction of sp³-hybridized carbons (Fsp3) is 0.643. The van der Waals surface area contributed by atoms with Crippen LogP contribution in [0.2, 0.25) is 0 Å². The van der Waals surface area contributed by atoms with Crippen molar-refractivity contribution >= 4 is 11.8 Å². The van der Waals surface area contributed by atoms with Crippen molar-refractivity contribution in [1.29, 1.82) is 0 Å². The van der Waals surface area contributed by atoms with Crippen LogP contribution in [0, 0.1) is 0 Å². The van der Waals surface area contributed by atoms with E-state index in [2.05, 4.69) is 14.9 Å². The summed E-state index contributed by atoms with van der Waals surface area (Å²) in [6.07, 6.45) is 6.69. The first kappa shape index (κ1) is 12.4. The molecular weight excluding hydrogens is 242 g/mol. The molecule has 2 aliphatic rings. The van der Waals surface area contributed by atoms with Gasteiger partial charge in [0.2, 0.25) is 0 Å². The molecule has 1 unspecified atom stereocenters. The van der Waals surface area contributed by atoms with Gasteiger partial charge < -0.3 is 9.64 Å². The average Bonchev–Trinajstić information content (AvgIpc) is 3.07. The zero-order valence-corrected chi connectivity index (χ0v) is 11.3. The van der Waals surface area contributed by atoms with Crippen molar-refractivity contribution in [3.05, 3.63) is 17.6 Å². The molecule has 0 saturated carbocycles. The normalized spacial score (nSPS) is 21.5. The Morgan fingerprint density at radius 3 is 3.16 bits per heavy atom. The van der Waals surface area contributed by atoms with Gasteiger partial charge in [-0.15, -0.1) is 0 Å². The molecule has 1 saturated heterocycles. The first-order valence-corrected chi connectivity index (χ1v) is 7.07. The van der Waals surface area contributed by atoms with Gasteiger partial charge in [-0.3, -0.25) is 0 Å². The van der Waals surface area contributed by atoms with Crippen LogP contribution in [0.25, 0.3) is 0 Å². The number of hydrogen-bond donors (Lipinski definition) is 0. The number of hydrogen-bond acceptors (Lipinski definition) is 5. The van der Waals surface area contributed by atoms with Gasteiger partial charge in [0.05, 0.1) is 6.61 Å². The number of esters is 1. The molecule has 1 aromatic heterocycles. The van der Waals surface area contributed by atoms with Crippen LogP contribution >= 0.6 is 0 Å². The molecule has 3 rings (SSSR count). The van der Waals surface area contributed by atoms with Gasteiger partial charge in [-0.25, -0.2) is 14.8 Å². The maximum absolute atomic E-state index is 12.0. The van der Waals surface area contributed by atoms with E-state index in [4.69, 9.17) is 4.74 Å². The van der Waals surface area contributed by atoms with Crippen LogP contribution in [0.5, 0.6) is 0 Å². The van der Waals surface area contributed by atoms with E-state index in [0.29, 0.717) is 6.61 Å². The van der Waals surface area contributed by atoms with E-state index in [-0.39, 0.29) is 12.0 Å².